The molecule has 0 saturated heterocycles. The third kappa shape index (κ3) is 3.62. The number of carbonyl (C=O) groups is 1. The van der Waals surface area contributed by atoms with Gasteiger partial charge in [0.1, 0.15) is 0 Å². The Balaban J connectivity index is 1.50. The molecule has 30 heavy (non-hydrogen) atoms. The van der Waals surface area contributed by atoms with Crippen LogP contribution in [0.4, 0.5) is 0 Å². The van der Waals surface area contributed by atoms with Gasteiger partial charge in [-0.25, -0.2) is 0 Å². The average molecular weight is 417 g/mol. The first-order valence-corrected chi connectivity index (χ1v) is 12.7. The van der Waals surface area contributed by atoms with E-state index in [4.69, 9.17) is 0 Å². The van der Waals surface area contributed by atoms with Crippen LogP contribution < -0.4 is 0 Å². The lowest BCUT2D eigenvalue weighted by atomic mass is 9.45. The van der Waals surface area contributed by atoms with Gasteiger partial charge < -0.3 is 10.2 Å². The predicted octanol–water partition coefficient (Wildman–Crippen LogP) is 5.54. The van der Waals surface area contributed by atoms with Crippen molar-refractivity contribution < 1.29 is 15.0 Å². The number of fused-ring (bicyclic) bond motifs is 5. The fourth-order valence-electron chi connectivity index (χ4n) is 8.58. The maximum atomic E-state index is 12.1. The fourth-order valence-corrected chi connectivity index (χ4v) is 8.58. The fraction of sp³-hybridized carbons (Fsp3) is 0.889. The minimum atomic E-state index is -0.274. The van der Waals surface area contributed by atoms with E-state index in [2.05, 4.69) is 27.7 Å². The highest BCUT2D eigenvalue weighted by atomic mass is 16.3. The number of ketones is 1. The molecule has 3 fully saturated rings. The molecular formula is C27H44O3. The molecule has 0 unspecified atom stereocenters. The van der Waals surface area contributed by atoms with Crippen LogP contribution in [0.1, 0.15) is 91.9 Å². The van der Waals surface area contributed by atoms with Gasteiger partial charge in [0.2, 0.25) is 0 Å². The number of carbonyl (C=O) groups excluding carboxylic acids is 1. The van der Waals surface area contributed by atoms with Gasteiger partial charge in [0.05, 0.1) is 6.10 Å². The molecular weight excluding hydrogens is 372 g/mol. The third-order valence-electron chi connectivity index (χ3n) is 10.4. The van der Waals surface area contributed by atoms with Gasteiger partial charge in [0, 0.05) is 13.0 Å². The quantitative estimate of drug-likeness (QED) is 0.598. The van der Waals surface area contributed by atoms with Gasteiger partial charge in [0.15, 0.2) is 5.78 Å². The summed E-state index contributed by atoms with van der Waals surface area (Å²) in [5, 5.41) is 20.6. The zero-order valence-corrected chi connectivity index (χ0v) is 19.7. The molecule has 3 saturated carbocycles. The molecule has 0 amide bonds. The minimum Gasteiger partial charge on any atom is -0.396 e. The highest BCUT2D eigenvalue weighted by Gasteiger charge is 2.61. The van der Waals surface area contributed by atoms with Gasteiger partial charge in [-0.3, -0.25) is 4.79 Å². The van der Waals surface area contributed by atoms with Crippen LogP contribution in [0.15, 0.2) is 11.6 Å². The molecule has 3 nitrogen and oxygen atoms in total. The molecule has 2 N–H and O–H groups in total. The van der Waals surface area contributed by atoms with Crippen molar-refractivity contribution in [3.63, 3.8) is 0 Å². The number of rotatable bonds is 6. The number of hydrogen-bond donors (Lipinski definition) is 2. The summed E-state index contributed by atoms with van der Waals surface area (Å²) in [6.45, 7) is 9.85. The van der Waals surface area contributed by atoms with Crippen LogP contribution in [0.5, 0.6) is 0 Å². The smallest absolute Gasteiger partial charge is 0.155 e. The third-order valence-corrected chi connectivity index (χ3v) is 10.4. The first-order valence-electron chi connectivity index (χ1n) is 12.7. The molecule has 9 atom stereocenters. The van der Waals surface area contributed by atoms with Crippen molar-refractivity contribution >= 4 is 5.78 Å². The summed E-state index contributed by atoms with van der Waals surface area (Å²) in [5.41, 5.74) is 1.73. The largest absolute Gasteiger partial charge is 0.396 e. The number of hydrogen-bond acceptors (Lipinski definition) is 3. The van der Waals surface area contributed by atoms with Crippen LogP contribution in [-0.2, 0) is 4.79 Å². The molecule has 0 aliphatic heterocycles. The summed E-state index contributed by atoms with van der Waals surface area (Å²) in [5.74, 6) is 3.75. The van der Waals surface area contributed by atoms with E-state index in [0.717, 1.165) is 31.1 Å². The number of aliphatic hydroxyl groups is 2. The molecule has 0 aromatic carbocycles. The van der Waals surface area contributed by atoms with Crippen molar-refractivity contribution in [2.75, 3.05) is 6.61 Å². The summed E-state index contributed by atoms with van der Waals surface area (Å²) >= 11 is 0. The SMILES string of the molecule is C[C@H](CO)CCC[C@@H](C)[C@H]1CC[C@H]2[C@@H]3[C@H](O)CC4=CC(=O)CC[C@]4(C)[C@H]3CC[C@]12C. The van der Waals surface area contributed by atoms with E-state index in [-0.39, 0.29) is 17.3 Å². The standard InChI is InChI=1S/C27H44O3/c1-17(16-28)6-5-7-18(2)21-8-9-22-25-23(11-13-27(21,22)4)26(3)12-10-20(29)14-19(26)15-24(25)30/h14,17-18,21-25,28,30H,5-13,15-16H2,1-4H3/t17-,18+,21+,22-,23-,24+,25-,26-,27+/m0/s1. The van der Waals surface area contributed by atoms with Gasteiger partial charge in [-0.2, -0.15) is 0 Å². The van der Waals surface area contributed by atoms with E-state index in [9.17, 15) is 15.0 Å². The summed E-state index contributed by atoms with van der Waals surface area (Å²) in [4.78, 5) is 12.1. The maximum absolute atomic E-state index is 12.1. The Hall–Kier alpha value is -0.670. The second kappa shape index (κ2) is 8.35. The zero-order valence-electron chi connectivity index (χ0n) is 19.7. The number of aliphatic hydroxyl groups excluding tert-OH is 2. The first kappa shape index (κ1) is 22.5. The van der Waals surface area contributed by atoms with E-state index >= 15 is 0 Å². The van der Waals surface area contributed by atoms with Crippen molar-refractivity contribution in [1.82, 2.24) is 0 Å². The molecule has 0 aromatic heterocycles. The molecule has 0 radical (unpaired) electrons. The predicted molar refractivity (Wildman–Crippen MR) is 121 cm³/mol. The van der Waals surface area contributed by atoms with Crippen molar-refractivity contribution in [2.45, 2.75) is 98.0 Å². The lowest BCUT2D eigenvalue weighted by molar-refractivity contribution is -0.124. The molecule has 3 heteroatoms. The Morgan fingerprint density at radius 3 is 2.60 bits per heavy atom. The summed E-state index contributed by atoms with van der Waals surface area (Å²) in [6.07, 6.45) is 12.7. The van der Waals surface area contributed by atoms with Crippen molar-refractivity contribution in [3.8, 4) is 0 Å². The van der Waals surface area contributed by atoms with Crippen molar-refractivity contribution in [2.24, 2.45) is 46.3 Å². The maximum Gasteiger partial charge on any atom is 0.155 e. The summed E-state index contributed by atoms with van der Waals surface area (Å²) in [6, 6.07) is 0. The first-order chi connectivity index (χ1) is 14.2. The van der Waals surface area contributed by atoms with E-state index in [1.165, 1.54) is 44.1 Å². The Labute approximate surface area is 183 Å². The molecule has 0 bridgehead atoms. The summed E-state index contributed by atoms with van der Waals surface area (Å²) in [7, 11) is 0. The molecule has 4 aliphatic rings. The van der Waals surface area contributed by atoms with Crippen LogP contribution in [0.3, 0.4) is 0 Å². The van der Waals surface area contributed by atoms with Crippen LogP contribution in [0, 0.1) is 46.3 Å². The molecule has 0 aromatic rings. The van der Waals surface area contributed by atoms with Gasteiger partial charge in [-0.1, -0.05) is 46.1 Å². The monoisotopic (exact) mass is 416 g/mol. The average Bonchev–Trinajstić information content (AvgIpc) is 3.06. The molecule has 4 aliphatic carbocycles. The molecule has 0 heterocycles. The molecule has 170 valence electrons. The Morgan fingerprint density at radius 2 is 1.87 bits per heavy atom. The van der Waals surface area contributed by atoms with E-state index < -0.39 is 0 Å². The van der Waals surface area contributed by atoms with E-state index in [0.29, 0.717) is 42.1 Å². The van der Waals surface area contributed by atoms with E-state index in [1.807, 2.05) is 6.08 Å². The van der Waals surface area contributed by atoms with Crippen LogP contribution in [0.25, 0.3) is 0 Å². The van der Waals surface area contributed by atoms with Crippen molar-refractivity contribution in [3.05, 3.63) is 11.6 Å². The Morgan fingerprint density at radius 1 is 1.10 bits per heavy atom. The lowest BCUT2D eigenvalue weighted by Crippen LogP contribution is -2.55. The Bertz CT molecular complexity index is 684. The zero-order chi connectivity index (χ0) is 21.7. The van der Waals surface area contributed by atoms with Crippen LogP contribution in [0.2, 0.25) is 0 Å². The van der Waals surface area contributed by atoms with Crippen LogP contribution >= 0.6 is 0 Å². The normalized spacial score (nSPS) is 45.2. The minimum absolute atomic E-state index is 0.128. The summed E-state index contributed by atoms with van der Waals surface area (Å²) < 4.78 is 0. The van der Waals surface area contributed by atoms with Crippen LogP contribution in [-0.4, -0.2) is 28.7 Å². The Kier molecular flexibility index (Phi) is 6.27. The molecule has 0 spiro atoms. The second-order valence-electron chi connectivity index (χ2n) is 12.0. The topological polar surface area (TPSA) is 57.5 Å². The molecule has 4 rings (SSSR count). The van der Waals surface area contributed by atoms with E-state index in [1.54, 1.807) is 0 Å². The van der Waals surface area contributed by atoms with Gasteiger partial charge in [-0.05, 0) is 97.4 Å². The highest BCUT2D eigenvalue weighted by molar-refractivity contribution is 5.91. The van der Waals surface area contributed by atoms with Gasteiger partial charge >= 0.3 is 0 Å². The van der Waals surface area contributed by atoms with Gasteiger partial charge in [0.25, 0.3) is 0 Å². The lowest BCUT2D eigenvalue weighted by Gasteiger charge is -2.60. The highest BCUT2D eigenvalue weighted by Crippen LogP contribution is 2.67. The van der Waals surface area contributed by atoms with Crippen molar-refractivity contribution in [1.29, 1.82) is 0 Å². The second-order valence-corrected chi connectivity index (χ2v) is 12.0. The van der Waals surface area contributed by atoms with Gasteiger partial charge in [-0.15, -0.1) is 0 Å².